The molecule has 0 saturated heterocycles. The first kappa shape index (κ1) is 20.4. The SMILES string of the molecule is CCn1c(NC(=O)[C@@H](NC(=O)c2ccc(OC)cc2)C(C)C)nc2ccccc21. The molecule has 0 saturated carbocycles. The Bertz CT molecular complexity index is 1010. The van der Waals surface area contributed by atoms with E-state index < -0.39 is 6.04 Å². The molecule has 2 N–H and O–H groups in total. The van der Waals surface area contributed by atoms with Crippen LogP contribution >= 0.6 is 0 Å². The van der Waals surface area contributed by atoms with Crippen molar-refractivity contribution in [1.82, 2.24) is 14.9 Å². The Labute approximate surface area is 170 Å². The van der Waals surface area contributed by atoms with Gasteiger partial charge >= 0.3 is 0 Å². The molecule has 1 atom stereocenters. The van der Waals surface area contributed by atoms with Gasteiger partial charge in [-0.2, -0.15) is 0 Å². The maximum Gasteiger partial charge on any atom is 0.251 e. The highest BCUT2D eigenvalue weighted by Gasteiger charge is 2.26. The number of fused-ring (bicyclic) bond motifs is 1. The molecule has 0 unspecified atom stereocenters. The number of aromatic nitrogens is 2. The van der Waals surface area contributed by atoms with Gasteiger partial charge in [-0.3, -0.25) is 14.9 Å². The van der Waals surface area contributed by atoms with Crippen LogP contribution in [-0.2, 0) is 11.3 Å². The quantitative estimate of drug-likeness (QED) is 0.643. The van der Waals surface area contributed by atoms with Gasteiger partial charge in [0.05, 0.1) is 18.1 Å². The molecule has 0 spiro atoms. The van der Waals surface area contributed by atoms with Crippen molar-refractivity contribution >= 4 is 28.8 Å². The van der Waals surface area contributed by atoms with Gasteiger partial charge in [-0.1, -0.05) is 26.0 Å². The van der Waals surface area contributed by atoms with E-state index in [-0.39, 0.29) is 17.7 Å². The van der Waals surface area contributed by atoms with Crippen molar-refractivity contribution in [2.45, 2.75) is 33.4 Å². The second-order valence-electron chi connectivity index (χ2n) is 7.08. The Morgan fingerprint density at radius 3 is 2.41 bits per heavy atom. The summed E-state index contributed by atoms with van der Waals surface area (Å²) in [5.74, 6) is 0.426. The van der Waals surface area contributed by atoms with Gasteiger partial charge < -0.3 is 14.6 Å². The van der Waals surface area contributed by atoms with Gasteiger partial charge in [0.2, 0.25) is 11.9 Å². The fourth-order valence-corrected chi connectivity index (χ4v) is 3.18. The van der Waals surface area contributed by atoms with Gasteiger partial charge in [0.1, 0.15) is 11.8 Å². The molecule has 2 aromatic carbocycles. The van der Waals surface area contributed by atoms with Crippen LogP contribution in [0.1, 0.15) is 31.1 Å². The smallest absolute Gasteiger partial charge is 0.251 e. The van der Waals surface area contributed by atoms with Gasteiger partial charge in [-0.25, -0.2) is 4.98 Å². The molecule has 0 aliphatic heterocycles. The number of rotatable bonds is 7. The Kier molecular flexibility index (Phi) is 6.16. The maximum atomic E-state index is 13.0. The Morgan fingerprint density at radius 1 is 1.10 bits per heavy atom. The van der Waals surface area contributed by atoms with Crippen LogP contribution in [0, 0.1) is 5.92 Å². The number of imidazole rings is 1. The van der Waals surface area contributed by atoms with Gasteiger partial charge in [-0.05, 0) is 49.2 Å². The molecular formula is C22H26N4O3. The third-order valence-electron chi connectivity index (χ3n) is 4.79. The first-order chi connectivity index (χ1) is 13.9. The molecule has 1 aromatic heterocycles. The summed E-state index contributed by atoms with van der Waals surface area (Å²) in [6, 6.07) is 13.8. The van der Waals surface area contributed by atoms with Gasteiger partial charge in [0.15, 0.2) is 0 Å². The second kappa shape index (κ2) is 8.77. The average molecular weight is 394 g/mol. The van der Waals surface area contributed by atoms with Crippen molar-refractivity contribution in [3.8, 4) is 5.75 Å². The topological polar surface area (TPSA) is 85.2 Å². The number of anilines is 1. The van der Waals surface area contributed by atoms with Crippen LogP contribution < -0.4 is 15.4 Å². The molecule has 3 rings (SSSR count). The van der Waals surface area contributed by atoms with E-state index in [2.05, 4.69) is 15.6 Å². The van der Waals surface area contributed by atoms with E-state index in [0.29, 0.717) is 23.8 Å². The fraction of sp³-hybridized carbons (Fsp3) is 0.318. The summed E-state index contributed by atoms with van der Waals surface area (Å²) in [6.45, 7) is 6.44. The lowest BCUT2D eigenvalue weighted by molar-refractivity contribution is -0.118. The Morgan fingerprint density at radius 2 is 1.79 bits per heavy atom. The largest absolute Gasteiger partial charge is 0.497 e. The maximum absolute atomic E-state index is 13.0. The number of hydrogen-bond acceptors (Lipinski definition) is 4. The number of nitrogens with one attached hydrogen (secondary N) is 2. The van der Waals surface area contributed by atoms with E-state index >= 15 is 0 Å². The van der Waals surface area contributed by atoms with E-state index in [1.807, 2.05) is 49.6 Å². The number of hydrogen-bond donors (Lipinski definition) is 2. The van der Waals surface area contributed by atoms with E-state index in [1.54, 1.807) is 31.4 Å². The molecule has 7 nitrogen and oxygen atoms in total. The summed E-state index contributed by atoms with van der Waals surface area (Å²) >= 11 is 0. The number of benzene rings is 2. The van der Waals surface area contributed by atoms with Gasteiger partial charge in [0, 0.05) is 12.1 Å². The molecule has 7 heteroatoms. The minimum Gasteiger partial charge on any atom is -0.497 e. The average Bonchev–Trinajstić information content (AvgIpc) is 3.08. The number of carbonyl (C=O) groups is 2. The predicted octanol–water partition coefficient (Wildman–Crippen LogP) is 3.46. The molecule has 152 valence electrons. The minimum absolute atomic E-state index is 0.100. The van der Waals surface area contributed by atoms with Crippen LogP contribution in [0.3, 0.4) is 0 Å². The highest BCUT2D eigenvalue weighted by molar-refractivity contribution is 6.01. The lowest BCUT2D eigenvalue weighted by Gasteiger charge is -2.21. The third-order valence-corrected chi connectivity index (χ3v) is 4.79. The van der Waals surface area contributed by atoms with Crippen molar-refractivity contribution < 1.29 is 14.3 Å². The number of ether oxygens (including phenoxy) is 1. The number of methoxy groups -OCH3 is 1. The molecule has 0 aliphatic carbocycles. The summed E-state index contributed by atoms with van der Waals surface area (Å²) in [4.78, 5) is 30.1. The van der Waals surface area contributed by atoms with Crippen molar-refractivity contribution in [3.63, 3.8) is 0 Å². The number of aryl methyl sites for hydroxylation is 1. The number of amides is 2. The van der Waals surface area contributed by atoms with Crippen molar-refractivity contribution in [1.29, 1.82) is 0 Å². The Balaban J connectivity index is 1.78. The van der Waals surface area contributed by atoms with Crippen molar-refractivity contribution in [2.24, 2.45) is 5.92 Å². The minimum atomic E-state index is -0.699. The first-order valence-corrected chi connectivity index (χ1v) is 9.65. The summed E-state index contributed by atoms with van der Waals surface area (Å²) in [7, 11) is 1.57. The predicted molar refractivity (Wildman–Crippen MR) is 113 cm³/mol. The Hall–Kier alpha value is -3.35. The van der Waals surface area contributed by atoms with E-state index in [0.717, 1.165) is 11.0 Å². The summed E-state index contributed by atoms with van der Waals surface area (Å²) in [5, 5.41) is 5.72. The third kappa shape index (κ3) is 4.39. The molecule has 3 aromatic rings. The number of para-hydroxylation sites is 2. The van der Waals surface area contributed by atoms with E-state index in [4.69, 9.17) is 4.74 Å². The molecule has 2 amide bonds. The second-order valence-corrected chi connectivity index (χ2v) is 7.08. The van der Waals surface area contributed by atoms with Crippen LogP contribution in [0.15, 0.2) is 48.5 Å². The molecule has 1 heterocycles. The highest BCUT2D eigenvalue weighted by atomic mass is 16.5. The van der Waals surface area contributed by atoms with Gasteiger partial charge in [-0.15, -0.1) is 0 Å². The molecular weight excluding hydrogens is 368 g/mol. The van der Waals surface area contributed by atoms with Crippen molar-refractivity contribution in [2.75, 3.05) is 12.4 Å². The molecule has 0 bridgehead atoms. The fourth-order valence-electron chi connectivity index (χ4n) is 3.18. The summed E-state index contributed by atoms with van der Waals surface area (Å²) < 4.78 is 7.05. The lowest BCUT2D eigenvalue weighted by atomic mass is 10.0. The van der Waals surface area contributed by atoms with Crippen LogP contribution in [0.4, 0.5) is 5.95 Å². The normalized spacial score (nSPS) is 12.0. The zero-order valence-corrected chi connectivity index (χ0v) is 17.1. The van der Waals surface area contributed by atoms with E-state index in [1.165, 1.54) is 0 Å². The zero-order valence-electron chi connectivity index (χ0n) is 17.1. The van der Waals surface area contributed by atoms with Gasteiger partial charge in [0.25, 0.3) is 5.91 Å². The zero-order chi connectivity index (χ0) is 21.0. The molecule has 0 aliphatic rings. The number of carbonyl (C=O) groups excluding carboxylic acids is 2. The highest BCUT2D eigenvalue weighted by Crippen LogP contribution is 2.20. The standard InChI is InChI=1S/C22H26N4O3/c1-5-26-18-9-7-6-8-17(18)23-22(26)25-21(28)19(14(2)3)24-20(27)15-10-12-16(29-4)13-11-15/h6-14,19H,5H2,1-4H3,(H,24,27)(H,23,25,28)/t19-/m0/s1. The molecule has 29 heavy (non-hydrogen) atoms. The number of nitrogens with zero attached hydrogens (tertiary/aromatic N) is 2. The molecule has 0 fully saturated rings. The summed E-state index contributed by atoms with van der Waals surface area (Å²) in [5.41, 5.74) is 2.23. The van der Waals surface area contributed by atoms with Crippen molar-refractivity contribution in [3.05, 3.63) is 54.1 Å². The van der Waals surface area contributed by atoms with Crippen LogP contribution in [-0.4, -0.2) is 34.5 Å². The van der Waals surface area contributed by atoms with Crippen LogP contribution in [0.25, 0.3) is 11.0 Å². The lowest BCUT2D eigenvalue weighted by Crippen LogP contribution is -2.47. The summed E-state index contributed by atoms with van der Waals surface area (Å²) in [6.07, 6.45) is 0. The van der Waals surface area contributed by atoms with E-state index in [9.17, 15) is 9.59 Å². The first-order valence-electron chi connectivity index (χ1n) is 9.65. The van der Waals surface area contributed by atoms with Crippen LogP contribution in [0.2, 0.25) is 0 Å². The van der Waals surface area contributed by atoms with Crippen LogP contribution in [0.5, 0.6) is 5.75 Å². The monoisotopic (exact) mass is 394 g/mol. The molecule has 0 radical (unpaired) electrons.